The van der Waals surface area contributed by atoms with E-state index < -0.39 is 0 Å². The monoisotopic (exact) mass is 379 g/mol. The van der Waals surface area contributed by atoms with Crippen LogP contribution in [0, 0.1) is 0 Å². The van der Waals surface area contributed by atoms with Gasteiger partial charge >= 0.3 is 0 Å². The smallest absolute Gasteiger partial charge is 0.262 e. The first-order valence-corrected chi connectivity index (χ1v) is 9.95. The number of benzene rings is 2. The predicted octanol–water partition coefficient (Wildman–Crippen LogP) is 4.76. The fourth-order valence-electron chi connectivity index (χ4n) is 4.24. The molecule has 5 nitrogen and oxygen atoms in total. The highest BCUT2D eigenvalue weighted by molar-refractivity contribution is 6.21. The van der Waals surface area contributed by atoms with E-state index in [-0.39, 0.29) is 24.0 Å². The van der Waals surface area contributed by atoms with Crippen molar-refractivity contribution < 1.29 is 19.1 Å². The second-order valence-corrected chi connectivity index (χ2v) is 7.38. The molecule has 1 fully saturated rings. The number of carbonyl (C=O) groups is 2. The van der Waals surface area contributed by atoms with Crippen molar-refractivity contribution in [2.24, 2.45) is 0 Å². The zero-order chi connectivity index (χ0) is 19.7. The third kappa shape index (κ3) is 3.15. The molecule has 2 aliphatic rings. The largest absolute Gasteiger partial charge is 0.493 e. The number of amides is 2. The van der Waals surface area contributed by atoms with Crippen molar-refractivity contribution >= 4 is 11.8 Å². The summed E-state index contributed by atoms with van der Waals surface area (Å²) in [7, 11) is 1.62. The Labute approximate surface area is 165 Å². The highest BCUT2D eigenvalue weighted by Gasteiger charge is 2.39. The third-order valence-electron chi connectivity index (χ3n) is 5.69. The molecule has 0 bridgehead atoms. The molecule has 0 radical (unpaired) electrons. The van der Waals surface area contributed by atoms with Gasteiger partial charge in [-0.1, -0.05) is 25.1 Å². The minimum atomic E-state index is -0.343. The molecule has 1 heterocycles. The Kier molecular flexibility index (Phi) is 5.07. The van der Waals surface area contributed by atoms with Crippen LogP contribution in [0.25, 0.3) is 0 Å². The van der Waals surface area contributed by atoms with E-state index in [1.54, 1.807) is 31.4 Å². The van der Waals surface area contributed by atoms with Crippen LogP contribution in [0.5, 0.6) is 11.5 Å². The number of carbonyl (C=O) groups excluding carboxylic acids is 2. The SMILES string of the molecule is CCC(c1ccc(OC)c(OC2CCCC2)c1)N1C(=O)c2ccccc2C1=O. The third-order valence-corrected chi connectivity index (χ3v) is 5.69. The summed E-state index contributed by atoms with van der Waals surface area (Å²) in [6, 6.07) is 12.4. The van der Waals surface area contributed by atoms with Crippen LogP contribution in [0.15, 0.2) is 42.5 Å². The van der Waals surface area contributed by atoms with Crippen LogP contribution >= 0.6 is 0 Å². The lowest BCUT2D eigenvalue weighted by molar-refractivity contribution is 0.0577. The molecule has 5 heteroatoms. The lowest BCUT2D eigenvalue weighted by atomic mass is 10.0. The van der Waals surface area contributed by atoms with Gasteiger partial charge < -0.3 is 9.47 Å². The standard InChI is InChI=1S/C23H25NO4/c1-3-19(24-22(25)17-10-6-7-11-18(17)23(24)26)15-12-13-20(27-2)21(14-15)28-16-8-4-5-9-16/h6-7,10-14,16,19H,3-5,8-9H2,1-2H3. The maximum Gasteiger partial charge on any atom is 0.262 e. The molecule has 2 aromatic rings. The lowest BCUT2D eigenvalue weighted by Crippen LogP contribution is -2.33. The summed E-state index contributed by atoms with van der Waals surface area (Å²) in [5, 5.41) is 0. The van der Waals surface area contributed by atoms with Crippen molar-refractivity contribution in [3.8, 4) is 11.5 Å². The van der Waals surface area contributed by atoms with Gasteiger partial charge in [0.2, 0.25) is 0 Å². The van der Waals surface area contributed by atoms with Gasteiger partial charge in [0, 0.05) is 0 Å². The molecule has 1 aliphatic heterocycles. The first-order chi connectivity index (χ1) is 13.6. The zero-order valence-electron chi connectivity index (χ0n) is 16.3. The van der Waals surface area contributed by atoms with E-state index in [1.165, 1.54) is 17.7 Å². The molecule has 1 unspecified atom stereocenters. The van der Waals surface area contributed by atoms with Crippen molar-refractivity contribution in [2.45, 2.75) is 51.2 Å². The molecule has 2 amide bonds. The summed E-state index contributed by atoms with van der Waals surface area (Å²) in [4.78, 5) is 27.2. The van der Waals surface area contributed by atoms with Crippen molar-refractivity contribution in [3.05, 3.63) is 59.2 Å². The van der Waals surface area contributed by atoms with Gasteiger partial charge in [0.05, 0.1) is 30.4 Å². The van der Waals surface area contributed by atoms with Gasteiger partial charge in [0.15, 0.2) is 11.5 Å². The quantitative estimate of drug-likeness (QED) is 0.679. The summed E-state index contributed by atoms with van der Waals surface area (Å²) < 4.78 is 11.7. The maximum absolute atomic E-state index is 12.9. The van der Waals surface area contributed by atoms with E-state index in [0.29, 0.717) is 29.0 Å². The normalized spacial score (nSPS) is 17.7. The van der Waals surface area contributed by atoms with Gasteiger partial charge in [-0.2, -0.15) is 0 Å². The zero-order valence-corrected chi connectivity index (χ0v) is 16.3. The molecule has 1 saturated carbocycles. The number of fused-ring (bicyclic) bond motifs is 1. The molecule has 2 aromatic carbocycles. The Balaban J connectivity index is 1.67. The second-order valence-electron chi connectivity index (χ2n) is 7.38. The molecule has 1 atom stereocenters. The van der Waals surface area contributed by atoms with E-state index in [1.807, 2.05) is 25.1 Å². The summed E-state index contributed by atoms with van der Waals surface area (Å²) in [6.45, 7) is 1.98. The summed E-state index contributed by atoms with van der Waals surface area (Å²) in [6.07, 6.45) is 5.27. The highest BCUT2D eigenvalue weighted by atomic mass is 16.5. The van der Waals surface area contributed by atoms with Gasteiger partial charge in [-0.3, -0.25) is 14.5 Å². The Bertz CT molecular complexity index is 866. The fourth-order valence-corrected chi connectivity index (χ4v) is 4.24. The van der Waals surface area contributed by atoms with Crippen LogP contribution in [0.2, 0.25) is 0 Å². The van der Waals surface area contributed by atoms with Gasteiger partial charge in [0.25, 0.3) is 11.8 Å². The molecule has 0 aromatic heterocycles. The predicted molar refractivity (Wildman–Crippen MR) is 106 cm³/mol. The van der Waals surface area contributed by atoms with Crippen LogP contribution in [0.3, 0.4) is 0 Å². The Morgan fingerprint density at radius 2 is 1.64 bits per heavy atom. The molecule has 28 heavy (non-hydrogen) atoms. The van der Waals surface area contributed by atoms with E-state index >= 15 is 0 Å². The highest BCUT2D eigenvalue weighted by Crippen LogP contribution is 2.38. The van der Waals surface area contributed by atoms with Crippen molar-refractivity contribution in [2.75, 3.05) is 7.11 Å². The number of methoxy groups -OCH3 is 1. The van der Waals surface area contributed by atoms with Crippen LogP contribution < -0.4 is 9.47 Å². The van der Waals surface area contributed by atoms with Crippen molar-refractivity contribution in [3.63, 3.8) is 0 Å². The van der Waals surface area contributed by atoms with E-state index in [0.717, 1.165) is 18.4 Å². The van der Waals surface area contributed by atoms with Crippen molar-refractivity contribution in [1.82, 2.24) is 4.90 Å². The number of ether oxygens (including phenoxy) is 2. The second kappa shape index (κ2) is 7.66. The number of imide groups is 1. The Morgan fingerprint density at radius 3 is 2.21 bits per heavy atom. The first-order valence-electron chi connectivity index (χ1n) is 9.95. The van der Waals surface area contributed by atoms with E-state index in [9.17, 15) is 9.59 Å². The molecular weight excluding hydrogens is 354 g/mol. The molecule has 0 saturated heterocycles. The number of rotatable bonds is 6. The first kappa shape index (κ1) is 18.5. The van der Waals surface area contributed by atoms with Crippen LogP contribution in [0.1, 0.15) is 71.3 Å². The molecule has 1 aliphatic carbocycles. The topological polar surface area (TPSA) is 55.8 Å². The van der Waals surface area contributed by atoms with Crippen LogP contribution in [-0.4, -0.2) is 29.9 Å². The van der Waals surface area contributed by atoms with Gasteiger partial charge in [-0.25, -0.2) is 0 Å². The summed E-state index contributed by atoms with van der Waals surface area (Å²) in [5.41, 5.74) is 1.83. The van der Waals surface area contributed by atoms with E-state index in [2.05, 4.69) is 0 Å². The Hall–Kier alpha value is -2.82. The maximum atomic E-state index is 12.9. The van der Waals surface area contributed by atoms with Crippen LogP contribution in [0.4, 0.5) is 0 Å². The number of hydrogen-bond acceptors (Lipinski definition) is 4. The minimum absolute atomic E-state index is 0.198. The molecule has 146 valence electrons. The average molecular weight is 379 g/mol. The number of nitrogens with zero attached hydrogens (tertiary/aromatic N) is 1. The van der Waals surface area contributed by atoms with Gasteiger partial charge in [-0.15, -0.1) is 0 Å². The molecular formula is C23H25NO4. The molecule has 0 N–H and O–H groups in total. The molecule has 0 spiro atoms. The lowest BCUT2D eigenvalue weighted by Gasteiger charge is -2.26. The van der Waals surface area contributed by atoms with Crippen LogP contribution in [-0.2, 0) is 0 Å². The average Bonchev–Trinajstić information content (AvgIpc) is 3.31. The molecule has 4 rings (SSSR count). The number of hydrogen-bond donors (Lipinski definition) is 0. The summed E-state index contributed by atoms with van der Waals surface area (Å²) in [5.74, 6) is 0.887. The minimum Gasteiger partial charge on any atom is -0.493 e. The van der Waals surface area contributed by atoms with Gasteiger partial charge in [-0.05, 0) is 61.9 Å². The summed E-state index contributed by atoms with van der Waals surface area (Å²) >= 11 is 0. The van der Waals surface area contributed by atoms with Gasteiger partial charge in [0.1, 0.15) is 0 Å². The Morgan fingerprint density at radius 1 is 1.00 bits per heavy atom. The fraction of sp³-hybridized carbons (Fsp3) is 0.391. The van der Waals surface area contributed by atoms with E-state index in [4.69, 9.17) is 9.47 Å². The van der Waals surface area contributed by atoms with Crippen molar-refractivity contribution in [1.29, 1.82) is 0 Å².